The molecule has 1 rings (SSSR count). The van der Waals surface area contributed by atoms with Crippen LogP contribution in [0.3, 0.4) is 0 Å². The molecule has 0 aliphatic carbocycles. The maximum absolute atomic E-state index is 11.6. The molecule has 0 spiro atoms. The highest BCUT2D eigenvalue weighted by Gasteiger charge is 2.15. The van der Waals surface area contributed by atoms with Gasteiger partial charge in [0.2, 0.25) is 5.91 Å². The Hall–Kier alpha value is -2.65. The summed E-state index contributed by atoms with van der Waals surface area (Å²) in [6.07, 6.45) is -0.384. The lowest BCUT2D eigenvalue weighted by molar-refractivity contribution is -0.156. The summed E-state index contributed by atoms with van der Waals surface area (Å²) in [5.41, 5.74) is 0.387. The number of ether oxygens (including phenoxy) is 4. The Morgan fingerprint density at radius 3 is 2.27 bits per heavy atom. The number of esters is 1. The van der Waals surface area contributed by atoms with Crippen molar-refractivity contribution in [3.63, 3.8) is 0 Å². The van der Waals surface area contributed by atoms with Crippen LogP contribution >= 0.6 is 0 Å². The molecule has 0 saturated carbocycles. The molecule has 0 aromatic heterocycles. The number of alkyl carbamates (subject to hydrolysis) is 1. The van der Waals surface area contributed by atoms with E-state index in [1.165, 1.54) is 0 Å². The molecular formula is C21H32N2O7. The zero-order chi connectivity index (χ0) is 22.2. The third-order valence-electron chi connectivity index (χ3n) is 3.40. The van der Waals surface area contributed by atoms with Crippen LogP contribution in [0.5, 0.6) is 0 Å². The maximum Gasteiger partial charge on any atom is 0.407 e. The molecule has 1 aromatic rings. The van der Waals surface area contributed by atoms with Gasteiger partial charge in [-0.05, 0) is 26.3 Å². The van der Waals surface area contributed by atoms with Crippen molar-refractivity contribution in [2.24, 2.45) is 0 Å². The second-order valence-electron chi connectivity index (χ2n) is 7.34. The highest BCUT2D eigenvalue weighted by Crippen LogP contribution is 2.08. The van der Waals surface area contributed by atoms with Crippen LogP contribution in [0, 0.1) is 0 Å². The van der Waals surface area contributed by atoms with Gasteiger partial charge in [0.1, 0.15) is 18.8 Å². The van der Waals surface area contributed by atoms with E-state index in [4.69, 9.17) is 18.9 Å². The van der Waals surface area contributed by atoms with E-state index in [0.717, 1.165) is 5.56 Å². The van der Waals surface area contributed by atoms with Crippen LogP contribution in [0.25, 0.3) is 0 Å². The second kappa shape index (κ2) is 14.4. The number of hydrogen-bond donors (Lipinski definition) is 2. The normalized spacial score (nSPS) is 10.9. The minimum Gasteiger partial charge on any atom is -0.460 e. The van der Waals surface area contributed by atoms with Crippen LogP contribution in [0.4, 0.5) is 4.79 Å². The molecular weight excluding hydrogens is 392 g/mol. The second-order valence-corrected chi connectivity index (χ2v) is 7.34. The van der Waals surface area contributed by atoms with E-state index in [1.807, 2.05) is 30.3 Å². The number of carbonyl (C=O) groups is 3. The van der Waals surface area contributed by atoms with E-state index >= 15 is 0 Å². The van der Waals surface area contributed by atoms with Crippen molar-refractivity contribution in [1.82, 2.24) is 10.6 Å². The van der Waals surface area contributed by atoms with Gasteiger partial charge in [0.15, 0.2) is 0 Å². The largest absolute Gasteiger partial charge is 0.460 e. The van der Waals surface area contributed by atoms with E-state index < -0.39 is 11.7 Å². The van der Waals surface area contributed by atoms with Crippen LogP contribution in [0.1, 0.15) is 32.8 Å². The first-order valence-electron chi connectivity index (χ1n) is 9.85. The Balaban J connectivity index is 1.92. The van der Waals surface area contributed by atoms with Crippen LogP contribution < -0.4 is 10.6 Å². The number of amides is 2. The third-order valence-corrected chi connectivity index (χ3v) is 3.40. The summed E-state index contributed by atoms with van der Waals surface area (Å²) in [7, 11) is 0. The number of rotatable bonds is 13. The van der Waals surface area contributed by atoms with Crippen molar-refractivity contribution in [2.75, 3.05) is 39.5 Å². The fourth-order valence-electron chi connectivity index (χ4n) is 2.13. The summed E-state index contributed by atoms with van der Waals surface area (Å²) >= 11 is 0. The van der Waals surface area contributed by atoms with E-state index in [-0.39, 0.29) is 57.9 Å². The standard InChI is InChI=1S/C21H32N2O7/c1-21(2,3)30-19(25)9-12-27-13-10-22-18(24)16-28-14-11-23-20(26)29-15-17-7-5-4-6-8-17/h4-8H,9-16H2,1-3H3,(H,22,24)(H,23,26). The van der Waals surface area contributed by atoms with Gasteiger partial charge in [-0.15, -0.1) is 0 Å². The highest BCUT2D eigenvalue weighted by atomic mass is 16.6. The predicted octanol–water partition coefficient (Wildman–Crippen LogP) is 1.79. The molecule has 0 heterocycles. The fraction of sp³-hybridized carbons (Fsp3) is 0.571. The lowest BCUT2D eigenvalue weighted by atomic mass is 10.2. The molecule has 168 valence electrons. The van der Waals surface area contributed by atoms with Crippen LogP contribution in [-0.4, -0.2) is 63.1 Å². The number of nitrogens with one attached hydrogen (secondary N) is 2. The number of carbonyl (C=O) groups excluding carboxylic acids is 3. The van der Waals surface area contributed by atoms with Gasteiger partial charge >= 0.3 is 12.1 Å². The Kier molecular flexibility index (Phi) is 12.1. The van der Waals surface area contributed by atoms with Crippen molar-refractivity contribution < 1.29 is 33.3 Å². The Labute approximate surface area is 177 Å². The molecule has 0 aliphatic rings. The third kappa shape index (κ3) is 14.4. The first kappa shape index (κ1) is 25.4. The molecule has 0 atom stereocenters. The van der Waals surface area contributed by atoms with Crippen molar-refractivity contribution in [3.8, 4) is 0 Å². The number of benzene rings is 1. The molecule has 1 aromatic carbocycles. The molecule has 9 heteroatoms. The Bertz CT molecular complexity index is 645. The average Bonchev–Trinajstić information content (AvgIpc) is 2.68. The van der Waals surface area contributed by atoms with Gasteiger partial charge in [0.25, 0.3) is 0 Å². The van der Waals surface area contributed by atoms with E-state index in [0.29, 0.717) is 6.54 Å². The quantitative estimate of drug-likeness (QED) is 0.367. The minimum atomic E-state index is -0.546. The summed E-state index contributed by atoms with van der Waals surface area (Å²) in [6.45, 7) is 6.70. The first-order valence-corrected chi connectivity index (χ1v) is 9.85. The van der Waals surface area contributed by atoms with E-state index in [1.54, 1.807) is 20.8 Å². The van der Waals surface area contributed by atoms with Gasteiger partial charge in [-0.2, -0.15) is 0 Å². The highest BCUT2D eigenvalue weighted by molar-refractivity contribution is 5.77. The maximum atomic E-state index is 11.6. The molecule has 0 aliphatic heterocycles. The summed E-state index contributed by atoms with van der Waals surface area (Å²) < 4.78 is 20.7. The van der Waals surface area contributed by atoms with Crippen molar-refractivity contribution in [2.45, 2.75) is 39.4 Å². The summed E-state index contributed by atoms with van der Waals surface area (Å²) in [5.74, 6) is -0.616. The van der Waals surface area contributed by atoms with Crippen molar-refractivity contribution in [3.05, 3.63) is 35.9 Å². The summed E-state index contributed by atoms with van der Waals surface area (Å²) in [5, 5.41) is 5.17. The average molecular weight is 424 g/mol. The minimum absolute atomic E-state index is 0.126. The fourth-order valence-corrected chi connectivity index (χ4v) is 2.13. The Morgan fingerprint density at radius 1 is 0.900 bits per heavy atom. The molecule has 2 N–H and O–H groups in total. The van der Waals surface area contributed by atoms with Gasteiger partial charge < -0.3 is 29.6 Å². The molecule has 0 unspecified atom stereocenters. The first-order chi connectivity index (χ1) is 14.3. The van der Waals surface area contributed by atoms with Gasteiger partial charge in [-0.3, -0.25) is 9.59 Å². The van der Waals surface area contributed by atoms with Gasteiger partial charge in [0.05, 0.1) is 26.2 Å². The monoisotopic (exact) mass is 424 g/mol. The molecule has 30 heavy (non-hydrogen) atoms. The number of hydrogen-bond acceptors (Lipinski definition) is 7. The van der Waals surface area contributed by atoms with E-state index in [9.17, 15) is 14.4 Å². The van der Waals surface area contributed by atoms with Gasteiger partial charge in [-0.1, -0.05) is 30.3 Å². The topological polar surface area (TPSA) is 112 Å². The van der Waals surface area contributed by atoms with Crippen molar-refractivity contribution >= 4 is 18.0 Å². The summed E-state index contributed by atoms with van der Waals surface area (Å²) in [4.78, 5) is 34.7. The van der Waals surface area contributed by atoms with Crippen molar-refractivity contribution in [1.29, 1.82) is 0 Å². The van der Waals surface area contributed by atoms with Gasteiger partial charge in [-0.25, -0.2) is 4.79 Å². The molecule has 0 bridgehead atoms. The molecule has 2 amide bonds. The van der Waals surface area contributed by atoms with Crippen LogP contribution in [0.15, 0.2) is 30.3 Å². The smallest absolute Gasteiger partial charge is 0.407 e. The molecule has 0 radical (unpaired) electrons. The SMILES string of the molecule is CC(C)(C)OC(=O)CCOCCNC(=O)COCCNC(=O)OCc1ccccc1. The van der Waals surface area contributed by atoms with Crippen LogP contribution in [0.2, 0.25) is 0 Å². The lowest BCUT2D eigenvalue weighted by Crippen LogP contribution is -2.33. The molecule has 9 nitrogen and oxygen atoms in total. The van der Waals surface area contributed by atoms with Crippen LogP contribution in [-0.2, 0) is 35.1 Å². The molecule has 0 fully saturated rings. The summed E-state index contributed by atoms with van der Waals surface area (Å²) in [6, 6.07) is 9.34. The lowest BCUT2D eigenvalue weighted by Gasteiger charge is -2.19. The zero-order valence-electron chi connectivity index (χ0n) is 17.9. The zero-order valence-corrected chi connectivity index (χ0v) is 17.9. The van der Waals surface area contributed by atoms with E-state index in [2.05, 4.69) is 10.6 Å². The van der Waals surface area contributed by atoms with Gasteiger partial charge in [0, 0.05) is 13.1 Å². The predicted molar refractivity (Wildman–Crippen MR) is 110 cm³/mol. The Morgan fingerprint density at radius 2 is 1.57 bits per heavy atom. The molecule has 0 saturated heterocycles.